The van der Waals surface area contributed by atoms with Crippen molar-refractivity contribution in [2.24, 2.45) is 0 Å². The molecule has 1 saturated heterocycles. The number of anilines is 1. The molecule has 6 nitrogen and oxygen atoms in total. The van der Waals surface area contributed by atoms with Crippen LogP contribution >= 0.6 is 11.6 Å². The summed E-state index contributed by atoms with van der Waals surface area (Å²) in [6.45, 7) is 0.585. The van der Waals surface area contributed by atoms with Gasteiger partial charge in [-0.1, -0.05) is 17.7 Å². The fourth-order valence-corrected chi connectivity index (χ4v) is 4.24. The summed E-state index contributed by atoms with van der Waals surface area (Å²) in [7, 11) is -4.13. The molecule has 0 aliphatic carbocycles. The quantitative estimate of drug-likeness (QED) is 0.831. The van der Waals surface area contributed by atoms with Gasteiger partial charge in [0.1, 0.15) is 10.7 Å². The van der Waals surface area contributed by atoms with E-state index < -0.39 is 32.5 Å². The number of sulfonamides is 1. The highest BCUT2D eigenvalue weighted by Crippen LogP contribution is 2.25. The Morgan fingerprint density at radius 3 is 2.56 bits per heavy atom. The lowest BCUT2D eigenvalue weighted by Crippen LogP contribution is -2.41. The molecule has 1 amide bonds. The van der Waals surface area contributed by atoms with E-state index in [4.69, 9.17) is 16.3 Å². The minimum absolute atomic E-state index is 0.0892. The van der Waals surface area contributed by atoms with Crippen LogP contribution in [0.25, 0.3) is 0 Å². The number of nitrogens with one attached hydrogen (secondary N) is 1. The Kier molecular flexibility index (Phi) is 5.75. The van der Waals surface area contributed by atoms with E-state index in [1.807, 2.05) is 0 Å². The second kappa shape index (κ2) is 7.89. The molecule has 0 aromatic heterocycles. The van der Waals surface area contributed by atoms with E-state index in [9.17, 15) is 22.0 Å². The van der Waals surface area contributed by atoms with Crippen LogP contribution in [0.4, 0.5) is 14.5 Å². The lowest BCUT2D eigenvalue weighted by atomic mass is 10.2. The Labute approximate surface area is 159 Å². The molecule has 27 heavy (non-hydrogen) atoms. The zero-order chi connectivity index (χ0) is 19.6. The first-order chi connectivity index (χ1) is 12.8. The van der Waals surface area contributed by atoms with Gasteiger partial charge in [-0.15, -0.1) is 0 Å². The normalized spacial score (nSPS) is 15.5. The molecule has 1 N–H and O–H groups in total. The maximum Gasteiger partial charge on any atom is 0.255 e. The molecule has 1 aliphatic rings. The molecule has 1 aliphatic heterocycles. The van der Waals surface area contributed by atoms with E-state index in [2.05, 4.69) is 5.32 Å². The van der Waals surface area contributed by atoms with E-state index in [0.717, 1.165) is 22.5 Å². The van der Waals surface area contributed by atoms with Crippen LogP contribution in [0.5, 0.6) is 0 Å². The molecule has 2 aromatic carbocycles. The van der Waals surface area contributed by atoms with Crippen molar-refractivity contribution < 1.29 is 26.7 Å². The third-order valence-corrected chi connectivity index (χ3v) is 6.19. The van der Waals surface area contributed by atoms with Crippen molar-refractivity contribution >= 4 is 33.2 Å². The van der Waals surface area contributed by atoms with Crippen LogP contribution in [0.15, 0.2) is 41.3 Å². The SMILES string of the molecule is O=C(Nc1cccc(Cl)c1F)c1ccc(F)c(S(=O)(=O)N2CCOCC2)c1. The van der Waals surface area contributed by atoms with Gasteiger partial charge in [0, 0.05) is 18.7 Å². The van der Waals surface area contributed by atoms with E-state index >= 15 is 0 Å². The third kappa shape index (κ3) is 4.11. The molecule has 2 aromatic rings. The fourth-order valence-electron chi connectivity index (χ4n) is 2.56. The van der Waals surface area contributed by atoms with Crippen LogP contribution in [-0.2, 0) is 14.8 Å². The lowest BCUT2D eigenvalue weighted by molar-refractivity contribution is 0.0729. The number of hydrogen-bond acceptors (Lipinski definition) is 4. The Morgan fingerprint density at radius 1 is 1.15 bits per heavy atom. The first-order valence-corrected chi connectivity index (χ1v) is 9.75. The molecule has 0 radical (unpaired) electrons. The second-order valence-electron chi connectivity index (χ2n) is 5.72. The predicted molar refractivity (Wildman–Crippen MR) is 95.3 cm³/mol. The van der Waals surface area contributed by atoms with Crippen LogP contribution in [0.3, 0.4) is 0 Å². The first-order valence-electron chi connectivity index (χ1n) is 7.93. The summed E-state index contributed by atoms with van der Waals surface area (Å²) in [6.07, 6.45) is 0. The number of morpholine rings is 1. The summed E-state index contributed by atoms with van der Waals surface area (Å²) in [5.41, 5.74) is -0.308. The summed E-state index contributed by atoms with van der Waals surface area (Å²) in [5.74, 6) is -2.60. The zero-order valence-corrected chi connectivity index (χ0v) is 15.5. The molecule has 0 spiro atoms. The van der Waals surface area contributed by atoms with Crippen LogP contribution in [0.2, 0.25) is 5.02 Å². The second-order valence-corrected chi connectivity index (χ2v) is 8.03. The van der Waals surface area contributed by atoms with Gasteiger partial charge in [0.2, 0.25) is 10.0 Å². The van der Waals surface area contributed by atoms with Gasteiger partial charge < -0.3 is 10.1 Å². The summed E-state index contributed by atoms with van der Waals surface area (Å²) in [5, 5.41) is 2.12. The highest BCUT2D eigenvalue weighted by Gasteiger charge is 2.29. The molecule has 10 heteroatoms. The largest absolute Gasteiger partial charge is 0.379 e. The number of nitrogens with zero attached hydrogens (tertiary/aromatic N) is 1. The average molecular weight is 417 g/mol. The number of benzene rings is 2. The number of rotatable bonds is 4. The molecular formula is C17H15ClF2N2O4S. The minimum Gasteiger partial charge on any atom is -0.379 e. The molecular weight excluding hydrogens is 402 g/mol. The Morgan fingerprint density at radius 2 is 1.85 bits per heavy atom. The van der Waals surface area contributed by atoms with Gasteiger partial charge in [-0.2, -0.15) is 4.31 Å². The topological polar surface area (TPSA) is 75.7 Å². The molecule has 144 valence electrons. The molecule has 1 heterocycles. The van der Waals surface area contributed by atoms with Gasteiger partial charge in [0.15, 0.2) is 5.82 Å². The van der Waals surface area contributed by atoms with Crippen molar-refractivity contribution in [3.8, 4) is 0 Å². The van der Waals surface area contributed by atoms with Crippen molar-refractivity contribution in [3.05, 3.63) is 58.6 Å². The van der Waals surface area contributed by atoms with Gasteiger partial charge >= 0.3 is 0 Å². The number of ether oxygens (including phenoxy) is 1. The van der Waals surface area contributed by atoms with Gasteiger partial charge in [-0.25, -0.2) is 17.2 Å². The maximum absolute atomic E-state index is 14.2. The van der Waals surface area contributed by atoms with Gasteiger partial charge in [0.25, 0.3) is 5.91 Å². The lowest BCUT2D eigenvalue weighted by Gasteiger charge is -2.26. The van der Waals surface area contributed by atoms with Crippen molar-refractivity contribution in [2.75, 3.05) is 31.6 Å². The maximum atomic E-state index is 14.2. The number of hydrogen-bond donors (Lipinski definition) is 1. The Bertz CT molecular complexity index is 979. The van der Waals surface area contributed by atoms with Gasteiger partial charge in [-0.3, -0.25) is 4.79 Å². The van der Waals surface area contributed by atoms with Crippen molar-refractivity contribution in [2.45, 2.75) is 4.90 Å². The van der Waals surface area contributed by atoms with Crippen LogP contribution < -0.4 is 5.32 Å². The summed E-state index contributed by atoms with van der Waals surface area (Å²) >= 11 is 5.66. The summed E-state index contributed by atoms with van der Waals surface area (Å²) in [6, 6.07) is 6.99. The van der Waals surface area contributed by atoms with Crippen molar-refractivity contribution in [3.63, 3.8) is 0 Å². The average Bonchev–Trinajstić information content (AvgIpc) is 2.66. The van der Waals surface area contributed by atoms with Gasteiger partial charge in [-0.05, 0) is 30.3 Å². The molecule has 0 atom stereocenters. The third-order valence-electron chi connectivity index (χ3n) is 3.98. The van der Waals surface area contributed by atoms with Crippen molar-refractivity contribution in [1.29, 1.82) is 0 Å². The Hall–Kier alpha value is -2.07. The van der Waals surface area contributed by atoms with E-state index in [-0.39, 0.29) is 42.6 Å². The Balaban J connectivity index is 1.90. The molecule has 0 unspecified atom stereocenters. The zero-order valence-electron chi connectivity index (χ0n) is 13.9. The number of amides is 1. The molecule has 0 bridgehead atoms. The molecule has 3 rings (SSSR count). The van der Waals surface area contributed by atoms with E-state index in [1.165, 1.54) is 18.2 Å². The van der Waals surface area contributed by atoms with Gasteiger partial charge in [0.05, 0.1) is 23.9 Å². The number of carbonyl (C=O) groups is 1. The summed E-state index contributed by atoms with van der Waals surface area (Å²) in [4.78, 5) is 11.8. The number of carbonyl (C=O) groups excluding carboxylic acids is 1. The van der Waals surface area contributed by atoms with E-state index in [0.29, 0.717) is 0 Å². The van der Waals surface area contributed by atoms with Crippen LogP contribution in [-0.4, -0.2) is 44.9 Å². The van der Waals surface area contributed by atoms with Crippen LogP contribution in [0.1, 0.15) is 10.4 Å². The molecule has 1 fully saturated rings. The summed E-state index contributed by atoms with van der Waals surface area (Å²) < 4.78 is 59.6. The first kappa shape index (κ1) is 19.7. The highest BCUT2D eigenvalue weighted by atomic mass is 35.5. The predicted octanol–water partition coefficient (Wildman–Crippen LogP) is 2.89. The minimum atomic E-state index is -4.13. The highest BCUT2D eigenvalue weighted by molar-refractivity contribution is 7.89. The van der Waals surface area contributed by atoms with E-state index in [1.54, 1.807) is 0 Å². The monoisotopic (exact) mass is 416 g/mol. The van der Waals surface area contributed by atoms with Crippen molar-refractivity contribution in [1.82, 2.24) is 4.31 Å². The standard InChI is InChI=1S/C17H15ClF2N2O4S/c18-12-2-1-3-14(16(12)20)21-17(23)11-4-5-13(19)15(10-11)27(24,25)22-6-8-26-9-7-22/h1-5,10H,6-9H2,(H,21,23). The fraction of sp³-hybridized carbons (Fsp3) is 0.235. The smallest absolute Gasteiger partial charge is 0.255 e. The van der Waals surface area contributed by atoms with Crippen LogP contribution in [0, 0.1) is 11.6 Å². The molecule has 0 saturated carbocycles. The number of halogens is 3.